The topological polar surface area (TPSA) is 92.5 Å². The number of benzene rings is 2. The highest BCUT2D eigenvalue weighted by molar-refractivity contribution is 6.44. The Bertz CT molecular complexity index is 1170. The second-order valence-corrected chi connectivity index (χ2v) is 8.02. The standard InChI is InChI=1S/C24H24N6O2/c31-22-15-14-20(28-30(22)19-7-3-1-4-8-19)24(32)25-18-12-10-17(11-13-18)23-27-26-21-9-5-2-6-16-29(21)23/h1,3-4,7-8,10-13H,2,5-6,9,14-16H2,(H,25,32). The molecule has 2 aliphatic rings. The maximum atomic E-state index is 12.8. The lowest BCUT2D eigenvalue weighted by molar-refractivity contribution is -0.118. The molecule has 1 aromatic heterocycles. The molecule has 0 unspecified atom stereocenters. The van der Waals surface area contributed by atoms with Crippen LogP contribution in [0.25, 0.3) is 11.4 Å². The van der Waals surface area contributed by atoms with Gasteiger partial charge in [0.2, 0.25) is 5.91 Å². The van der Waals surface area contributed by atoms with Crippen LogP contribution in [-0.4, -0.2) is 32.3 Å². The largest absolute Gasteiger partial charge is 0.321 e. The Labute approximate surface area is 186 Å². The third-order valence-corrected chi connectivity index (χ3v) is 5.81. The number of hydrogen-bond donors (Lipinski definition) is 1. The van der Waals surface area contributed by atoms with Crippen LogP contribution in [-0.2, 0) is 22.6 Å². The third-order valence-electron chi connectivity index (χ3n) is 5.81. The maximum absolute atomic E-state index is 12.8. The molecule has 2 aromatic carbocycles. The van der Waals surface area contributed by atoms with Gasteiger partial charge in [-0.05, 0) is 49.2 Å². The van der Waals surface area contributed by atoms with E-state index in [2.05, 4.69) is 25.2 Å². The molecule has 0 bridgehead atoms. The number of carbonyl (C=O) groups excluding carboxylic acids is 2. The number of rotatable bonds is 4. The molecule has 0 saturated carbocycles. The van der Waals surface area contributed by atoms with Crippen molar-refractivity contribution in [2.75, 3.05) is 10.3 Å². The van der Waals surface area contributed by atoms with E-state index in [-0.39, 0.29) is 18.2 Å². The average molecular weight is 428 g/mol. The lowest BCUT2D eigenvalue weighted by atomic mass is 10.1. The fourth-order valence-electron chi connectivity index (χ4n) is 4.09. The molecule has 0 radical (unpaired) electrons. The molecule has 2 amide bonds. The molecule has 32 heavy (non-hydrogen) atoms. The van der Waals surface area contributed by atoms with E-state index in [0.29, 0.717) is 23.5 Å². The van der Waals surface area contributed by atoms with E-state index in [1.54, 1.807) is 12.1 Å². The zero-order valence-electron chi connectivity index (χ0n) is 17.7. The minimum Gasteiger partial charge on any atom is -0.321 e. The molecule has 3 aromatic rings. The Morgan fingerprint density at radius 3 is 2.50 bits per heavy atom. The summed E-state index contributed by atoms with van der Waals surface area (Å²) in [4.78, 5) is 25.1. The molecule has 0 fully saturated rings. The number of para-hydroxylation sites is 1. The first kappa shape index (κ1) is 20.1. The molecule has 2 aliphatic heterocycles. The zero-order chi connectivity index (χ0) is 21.9. The van der Waals surface area contributed by atoms with Crippen LogP contribution in [0.4, 0.5) is 11.4 Å². The van der Waals surface area contributed by atoms with Gasteiger partial charge in [-0.3, -0.25) is 9.59 Å². The van der Waals surface area contributed by atoms with Crippen LogP contribution >= 0.6 is 0 Å². The van der Waals surface area contributed by atoms with E-state index >= 15 is 0 Å². The van der Waals surface area contributed by atoms with E-state index in [4.69, 9.17) is 0 Å². The highest BCUT2D eigenvalue weighted by atomic mass is 16.2. The zero-order valence-corrected chi connectivity index (χ0v) is 17.7. The lowest BCUT2D eigenvalue weighted by Crippen LogP contribution is -2.36. The van der Waals surface area contributed by atoms with Gasteiger partial charge in [-0.25, -0.2) is 5.01 Å². The summed E-state index contributed by atoms with van der Waals surface area (Å²) in [5.41, 5.74) is 2.62. The minimum atomic E-state index is -0.303. The van der Waals surface area contributed by atoms with Crippen LogP contribution in [0.15, 0.2) is 59.7 Å². The summed E-state index contributed by atoms with van der Waals surface area (Å²) in [5.74, 6) is 1.49. The number of hydrogen-bond acceptors (Lipinski definition) is 5. The summed E-state index contributed by atoms with van der Waals surface area (Å²) in [6.45, 7) is 0.937. The number of aromatic nitrogens is 3. The van der Waals surface area contributed by atoms with Gasteiger partial charge in [0.1, 0.15) is 11.5 Å². The smallest absolute Gasteiger partial charge is 0.271 e. The second kappa shape index (κ2) is 8.74. The van der Waals surface area contributed by atoms with Crippen molar-refractivity contribution in [1.82, 2.24) is 14.8 Å². The number of carbonyl (C=O) groups is 2. The number of nitrogens with one attached hydrogen (secondary N) is 1. The molecule has 0 aliphatic carbocycles. The van der Waals surface area contributed by atoms with Crippen molar-refractivity contribution in [2.24, 2.45) is 5.10 Å². The third kappa shape index (κ3) is 4.03. The first-order valence-electron chi connectivity index (χ1n) is 11.0. The van der Waals surface area contributed by atoms with Crippen LogP contribution in [0.1, 0.15) is 37.9 Å². The number of fused-ring (bicyclic) bond motifs is 1. The van der Waals surface area contributed by atoms with Gasteiger partial charge in [0.25, 0.3) is 5.91 Å². The summed E-state index contributed by atoms with van der Waals surface area (Å²) >= 11 is 0. The monoisotopic (exact) mass is 428 g/mol. The molecule has 0 spiro atoms. The van der Waals surface area contributed by atoms with Crippen molar-refractivity contribution in [3.8, 4) is 11.4 Å². The Morgan fingerprint density at radius 2 is 1.69 bits per heavy atom. The van der Waals surface area contributed by atoms with Crippen LogP contribution in [0.3, 0.4) is 0 Å². The summed E-state index contributed by atoms with van der Waals surface area (Å²) in [5, 5.41) is 17.3. The van der Waals surface area contributed by atoms with Gasteiger partial charge >= 0.3 is 0 Å². The molecular formula is C24H24N6O2. The van der Waals surface area contributed by atoms with Gasteiger partial charge < -0.3 is 9.88 Å². The molecule has 0 atom stereocenters. The lowest BCUT2D eigenvalue weighted by Gasteiger charge is -2.23. The van der Waals surface area contributed by atoms with Gasteiger partial charge in [0, 0.05) is 37.1 Å². The highest BCUT2D eigenvalue weighted by Gasteiger charge is 2.25. The minimum absolute atomic E-state index is 0.121. The summed E-state index contributed by atoms with van der Waals surface area (Å²) < 4.78 is 2.20. The predicted molar refractivity (Wildman–Crippen MR) is 122 cm³/mol. The second-order valence-electron chi connectivity index (χ2n) is 8.02. The summed E-state index contributed by atoms with van der Waals surface area (Å²) in [6.07, 6.45) is 5.03. The number of aryl methyl sites for hydroxylation is 1. The van der Waals surface area contributed by atoms with E-state index in [1.807, 2.05) is 42.5 Å². The first-order chi connectivity index (χ1) is 15.7. The SMILES string of the molecule is O=C(Nc1ccc(-c2nnc3n2CCCCC3)cc1)C1=NN(c2ccccc2)C(=O)CC1. The van der Waals surface area contributed by atoms with Gasteiger partial charge in [-0.15, -0.1) is 10.2 Å². The Kier molecular flexibility index (Phi) is 5.49. The number of nitrogens with zero attached hydrogens (tertiary/aromatic N) is 5. The number of amides is 2. The normalized spacial score (nSPS) is 16.2. The Balaban J connectivity index is 1.31. The fourth-order valence-corrected chi connectivity index (χ4v) is 4.09. The van der Waals surface area contributed by atoms with Crippen LogP contribution < -0.4 is 10.3 Å². The first-order valence-corrected chi connectivity index (χ1v) is 11.0. The molecule has 0 saturated heterocycles. The van der Waals surface area contributed by atoms with E-state index in [0.717, 1.165) is 43.0 Å². The van der Waals surface area contributed by atoms with Crippen molar-refractivity contribution in [2.45, 2.75) is 45.1 Å². The van der Waals surface area contributed by atoms with Gasteiger partial charge in [-0.1, -0.05) is 24.6 Å². The van der Waals surface area contributed by atoms with Crippen molar-refractivity contribution < 1.29 is 9.59 Å². The molecule has 8 nitrogen and oxygen atoms in total. The summed E-state index contributed by atoms with van der Waals surface area (Å²) in [7, 11) is 0. The fraction of sp³-hybridized carbons (Fsp3) is 0.292. The van der Waals surface area contributed by atoms with Crippen LogP contribution in [0.5, 0.6) is 0 Å². The number of hydrazone groups is 1. The Hall–Kier alpha value is -3.81. The van der Waals surface area contributed by atoms with E-state index < -0.39 is 0 Å². The molecule has 1 N–H and O–H groups in total. The quantitative estimate of drug-likeness (QED) is 0.684. The van der Waals surface area contributed by atoms with Gasteiger partial charge in [-0.2, -0.15) is 5.10 Å². The number of anilines is 2. The van der Waals surface area contributed by atoms with Gasteiger partial charge in [0.05, 0.1) is 5.69 Å². The van der Waals surface area contributed by atoms with Crippen molar-refractivity contribution >= 4 is 28.9 Å². The summed E-state index contributed by atoms with van der Waals surface area (Å²) in [6, 6.07) is 16.7. The van der Waals surface area contributed by atoms with Crippen LogP contribution in [0.2, 0.25) is 0 Å². The highest BCUT2D eigenvalue weighted by Crippen LogP contribution is 2.24. The molecule has 162 valence electrons. The van der Waals surface area contributed by atoms with Crippen molar-refractivity contribution in [3.05, 3.63) is 60.4 Å². The predicted octanol–water partition coefficient (Wildman–Crippen LogP) is 3.79. The van der Waals surface area contributed by atoms with Crippen molar-refractivity contribution in [3.63, 3.8) is 0 Å². The Morgan fingerprint density at radius 1 is 0.875 bits per heavy atom. The van der Waals surface area contributed by atoms with Crippen LogP contribution in [0, 0.1) is 0 Å². The van der Waals surface area contributed by atoms with Gasteiger partial charge in [0.15, 0.2) is 5.82 Å². The molecular weight excluding hydrogens is 404 g/mol. The molecule has 8 heteroatoms. The van der Waals surface area contributed by atoms with E-state index in [9.17, 15) is 9.59 Å². The van der Waals surface area contributed by atoms with Crippen molar-refractivity contribution in [1.29, 1.82) is 0 Å². The molecule has 3 heterocycles. The molecule has 5 rings (SSSR count). The van der Waals surface area contributed by atoms with E-state index in [1.165, 1.54) is 11.4 Å². The maximum Gasteiger partial charge on any atom is 0.271 e. The average Bonchev–Trinajstić information content (AvgIpc) is 3.08.